The van der Waals surface area contributed by atoms with Gasteiger partial charge < -0.3 is 9.15 Å². The summed E-state index contributed by atoms with van der Waals surface area (Å²) in [6.07, 6.45) is 0. The Morgan fingerprint density at radius 2 is 1.71 bits per heavy atom. The van der Waals surface area contributed by atoms with Gasteiger partial charge in [0.1, 0.15) is 6.54 Å². The van der Waals surface area contributed by atoms with Crippen LogP contribution in [-0.4, -0.2) is 28.1 Å². The molecule has 0 bridgehead atoms. The van der Waals surface area contributed by atoms with E-state index < -0.39 is 24.9 Å². The van der Waals surface area contributed by atoms with E-state index in [1.807, 2.05) is 39.0 Å². The van der Waals surface area contributed by atoms with Crippen molar-refractivity contribution >= 4 is 11.8 Å². The monoisotopic (exact) mass is 380 g/mol. The average molecular weight is 380 g/mol. The summed E-state index contributed by atoms with van der Waals surface area (Å²) in [5.41, 5.74) is 3.89. The van der Waals surface area contributed by atoms with Crippen molar-refractivity contribution in [1.82, 2.24) is 9.78 Å². The molecule has 0 atom stereocenters. The minimum absolute atomic E-state index is 0.111. The largest absolute Gasteiger partial charge is 0.456 e. The standard InChI is InChI=1S/C21H20N2O5/c1-13-9-14(2)19(15(3)10-13)17(24)12-27-18(25)11-23-21(26)28-20(22-23)16-7-5-4-6-8-16/h4-10H,11-12H2,1-3H3. The van der Waals surface area contributed by atoms with E-state index in [2.05, 4.69) is 5.10 Å². The van der Waals surface area contributed by atoms with Gasteiger partial charge >= 0.3 is 11.7 Å². The number of benzene rings is 2. The number of ether oxygens (including phenoxy) is 1. The van der Waals surface area contributed by atoms with Crippen LogP contribution in [0.5, 0.6) is 0 Å². The number of rotatable bonds is 6. The van der Waals surface area contributed by atoms with Gasteiger partial charge in [0.15, 0.2) is 6.61 Å². The molecule has 0 spiro atoms. The van der Waals surface area contributed by atoms with Crippen LogP contribution in [0.15, 0.2) is 51.7 Å². The SMILES string of the molecule is Cc1cc(C)c(C(=O)COC(=O)Cn2nc(-c3ccccc3)oc2=O)c(C)c1. The zero-order valence-electron chi connectivity index (χ0n) is 15.9. The van der Waals surface area contributed by atoms with Gasteiger partial charge in [-0.3, -0.25) is 9.59 Å². The molecule has 7 heteroatoms. The summed E-state index contributed by atoms with van der Waals surface area (Å²) >= 11 is 0. The lowest BCUT2D eigenvalue weighted by molar-refractivity contribution is -0.143. The predicted molar refractivity (Wildman–Crippen MR) is 102 cm³/mol. The predicted octanol–water partition coefficient (Wildman–Crippen LogP) is 2.85. The second-order valence-corrected chi connectivity index (χ2v) is 6.55. The lowest BCUT2D eigenvalue weighted by atomic mass is 9.97. The van der Waals surface area contributed by atoms with Crippen LogP contribution in [0.4, 0.5) is 0 Å². The van der Waals surface area contributed by atoms with Gasteiger partial charge in [0, 0.05) is 11.1 Å². The summed E-state index contributed by atoms with van der Waals surface area (Å²) in [4.78, 5) is 36.4. The van der Waals surface area contributed by atoms with Gasteiger partial charge in [-0.2, -0.15) is 4.68 Å². The van der Waals surface area contributed by atoms with Crippen LogP contribution in [0, 0.1) is 20.8 Å². The molecule has 7 nitrogen and oxygen atoms in total. The van der Waals surface area contributed by atoms with Crippen LogP contribution >= 0.6 is 0 Å². The minimum Gasteiger partial charge on any atom is -0.456 e. The van der Waals surface area contributed by atoms with Crippen molar-refractivity contribution in [3.05, 3.63) is 75.3 Å². The second kappa shape index (κ2) is 8.04. The molecule has 1 aromatic heterocycles. The molecule has 0 amide bonds. The van der Waals surface area contributed by atoms with Gasteiger partial charge in [-0.25, -0.2) is 4.79 Å². The van der Waals surface area contributed by atoms with Gasteiger partial charge in [0.05, 0.1) is 0 Å². The summed E-state index contributed by atoms with van der Waals surface area (Å²) in [7, 11) is 0. The Labute approximate surface area is 161 Å². The number of carbonyl (C=O) groups is 2. The smallest absolute Gasteiger partial charge is 0.437 e. The maximum Gasteiger partial charge on any atom is 0.437 e. The number of ketones is 1. The number of Topliss-reactive ketones (excluding diaryl/α,β-unsaturated/α-hetero) is 1. The van der Waals surface area contributed by atoms with Crippen LogP contribution in [0.3, 0.4) is 0 Å². The Morgan fingerprint density at radius 1 is 1.07 bits per heavy atom. The first-order valence-electron chi connectivity index (χ1n) is 8.75. The van der Waals surface area contributed by atoms with Gasteiger partial charge in [-0.1, -0.05) is 35.9 Å². The summed E-state index contributed by atoms with van der Waals surface area (Å²) in [5.74, 6) is -1.70. The molecule has 0 aliphatic rings. The van der Waals surface area contributed by atoms with E-state index in [0.29, 0.717) is 11.1 Å². The molecule has 3 aromatic rings. The van der Waals surface area contributed by atoms with Gasteiger partial charge in [-0.15, -0.1) is 5.10 Å². The molecule has 0 saturated heterocycles. The molecule has 0 radical (unpaired) electrons. The van der Waals surface area contributed by atoms with Crippen LogP contribution in [-0.2, 0) is 16.1 Å². The highest BCUT2D eigenvalue weighted by Crippen LogP contribution is 2.17. The van der Waals surface area contributed by atoms with Crippen LogP contribution in [0.1, 0.15) is 27.0 Å². The Morgan fingerprint density at radius 3 is 2.36 bits per heavy atom. The van der Waals surface area contributed by atoms with Crippen LogP contribution in [0.2, 0.25) is 0 Å². The number of hydrogen-bond acceptors (Lipinski definition) is 6. The molecule has 0 fully saturated rings. The first kappa shape index (κ1) is 19.3. The molecule has 0 unspecified atom stereocenters. The molecule has 2 aromatic carbocycles. The summed E-state index contributed by atoms with van der Waals surface area (Å²) in [6, 6.07) is 12.7. The van der Waals surface area contributed by atoms with E-state index in [0.717, 1.165) is 21.4 Å². The highest BCUT2D eigenvalue weighted by molar-refractivity contribution is 6.00. The van der Waals surface area contributed by atoms with E-state index in [1.54, 1.807) is 24.3 Å². The van der Waals surface area contributed by atoms with E-state index in [4.69, 9.17) is 9.15 Å². The highest BCUT2D eigenvalue weighted by atomic mass is 16.5. The number of aromatic nitrogens is 2. The zero-order chi connectivity index (χ0) is 20.3. The molecule has 3 rings (SSSR count). The third kappa shape index (κ3) is 4.25. The van der Waals surface area contributed by atoms with E-state index in [9.17, 15) is 14.4 Å². The van der Waals surface area contributed by atoms with Crippen molar-refractivity contribution in [2.75, 3.05) is 6.61 Å². The molecule has 1 heterocycles. The summed E-state index contributed by atoms with van der Waals surface area (Å²) in [6.45, 7) is 4.80. The first-order valence-corrected chi connectivity index (χ1v) is 8.75. The van der Waals surface area contributed by atoms with E-state index >= 15 is 0 Å². The quantitative estimate of drug-likeness (QED) is 0.482. The topological polar surface area (TPSA) is 91.4 Å². The fourth-order valence-electron chi connectivity index (χ4n) is 3.11. The molecular formula is C21H20N2O5. The first-order chi connectivity index (χ1) is 13.3. The van der Waals surface area contributed by atoms with Crippen molar-refractivity contribution in [1.29, 1.82) is 0 Å². The van der Waals surface area contributed by atoms with Crippen molar-refractivity contribution in [2.24, 2.45) is 0 Å². The van der Waals surface area contributed by atoms with E-state index in [-0.39, 0.29) is 11.7 Å². The Bertz CT molecular complexity index is 1060. The molecule has 0 aliphatic heterocycles. The molecule has 28 heavy (non-hydrogen) atoms. The molecule has 0 saturated carbocycles. The maximum atomic E-state index is 12.4. The third-order valence-corrected chi connectivity index (χ3v) is 4.23. The fourth-order valence-corrected chi connectivity index (χ4v) is 3.11. The Kier molecular flexibility index (Phi) is 5.54. The third-order valence-electron chi connectivity index (χ3n) is 4.23. The van der Waals surface area contributed by atoms with E-state index in [1.165, 1.54) is 0 Å². The lowest BCUT2D eigenvalue weighted by Gasteiger charge is -2.10. The number of esters is 1. The number of aryl methyl sites for hydroxylation is 3. The molecule has 0 aliphatic carbocycles. The second-order valence-electron chi connectivity index (χ2n) is 6.55. The zero-order valence-corrected chi connectivity index (χ0v) is 15.9. The molecular weight excluding hydrogens is 360 g/mol. The van der Waals surface area contributed by atoms with Crippen molar-refractivity contribution in [3.63, 3.8) is 0 Å². The highest BCUT2D eigenvalue weighted by Gasteiger charge is 2.17. The molecule has 144 valence electrons. The number of carbonyl (C=O) groups excluding carboxylic acids is 2. The number of nitrogens with zero attached hydrogens (tertiary/aromatic N) is 2. The average Bonchev–Trinajstić information content (AvgIpc) is 3.00. The normalized spacial score (nSPS) is 10.7. The van der Waals surface area contributed by atoms with Gasteiger partial charge in [0.2, 0.25) is 11.7 Å². The summed E-state index contributed by atoms with van der Waals surface area (Å²) < 4.78 is 11.0. The van der Waals surface area contributed by atoms with Crippen molar-refractivity contribution in [3.8, 4) is 11.5 Å². The van der Waals surface area contributed by atoms with Crippen molar-refractivity contribution < 1.29 is 18.7 Å². The Hall–Kier alpha value is -3.48. The fraction of sp³-hybridized carbons (Fsp3) is 0.238. The maximum absolute atomic E-state index is 12.4. The van der Waals surface area contributed by atoms with Gasteiger partial charge in [-0.05, 0) is 44.0 Å². The Balaban J connectivity index is 1.65. The minimum atomic E-state index is -0.771. The van der Waals surface area contributed by atoms with Crippen LogP contribution in [0.25, 0.3) is 11.5 Å². The summed E-state index contributed by atoms with van der Waals surface area (Å²) in [5, 5.41) is 3.99. The number of hydrogen-bond donors (Lipinski definition) is 0. The lowest BCUT2D eigenvalue weighted by Crippen LogP contribution is -2.25. The molecule has 0 N–H and O–H groups in total. The van der Waals surface area contributed by atoms with Gasteiger partial charge in [0.25, 0.3) is 0 Å². The van der Waals surface area contributed by atoms with Crippen molar-refractivity contribution in [2.45, 2.75) is 27.3 Å². The van der Waals surface area contributed by atoms with Crippen LogP contribution < -0.4 is 5.76 Å².